The molecule has 0 spiro atoms. The third kappa shape index (κ3) is 63.6. The van der Waals surface area contributed by atoms with Crippen LogP contribution in [0.4, 0.5) is 0 Å². The first-order valence-electron chi connectivity index (χ1n) is 35.5. The molecule has 2 unspecified atom stereocenters. The maximum Gasteiger partial charge on any atom is 0.305 e. The fourth-order valence-corrected chi connectivity index (χ4v) is 11.4. The summed E-state index contributed by atoms with van der Waals surface area (Å²) in [5.74, 6) is -0.0474. The molecule has 0 rings (SSSR count). The van der Waals surface area contributed by atoms with Gasteiger partial charge in [-0.1, -0.05) is 373 Å². The van der Waals surface area contributed by atoms with E-state index < -0.39 is 12.1 Å². The number of carbonyl (C=O) groups excluding carboxylic acids is 2. The van der Waals surface area contributed by atoms with E-state index in [1.807, 2.05) is 6.08 Å². The number of allylic oxidation sites excluding steroid dienone is 1. The Hall–Kier alpha value is -1.40. The molecule has 0 bridgehead atoms. The largest absolute Gasteiger partial charge is 0.466 e. The van der Waals surface area contributed by atoms with Gasteiger partial charge in [0.25, 0.3) is 0 Å². The Morgan fingerprint density at radius 3 is 0.883 bits per heavy atom. The lowest BCUT2D eigenvalue weighted by Gasteiger charge is -2.20. The van der Waals surface area contributed by atoms with Crippen LogP contribution in [0.15, 0.2) is 12.2 Å². The topological polar surface area (TPSA) is 95.9 Å². The van der Waals surface area contributed by atoms with Gasteiger partial charge in [0.1, 0.15) is 0 Å². The number of aliphatic hydroxyl groups is 2. The molecule has 6 nitrogen and oxygen atoms in total. The third-order valence-corrected chi connectivity index (χ3v) is 16.8. The summed E-state index contributed by atoms with van der Waals surface area (Å²) in [6.45, 7) is 4.95. The summed E-state index contributed by atoms with van der Waals surface area (Å²) in [4.78, 5) is 24.6. The van der Waals surface area contributed by atoms with Gasteiger partial charge in [-0.15, -0.1) is 0 Å². The Morgan fingerprint density at radius 2 is 0.597 bits per heavy atom. The zero-order valence-electron chi connectivity index (χ0n) is 52.5. The molecule has 0 heterocycles. The Bertz CT molecular complexity index is 1160. The molecule has 0 aromatic carbocycles. The van der Waals surface area contributed by atoms with Gasteiger partial charge < -0.3 is 20.3 Å². The number of aliphatic hydroxyl groups excluding tert-OH is 2. The summed E-state index contributed by atoms with van der Waals surface area (Å²) in [5.41, 5.74) is 0. The van der Waals surface area contributed by atoms with E-state index in [1.54, 1.807) is 6.08 Å². The van der Waals surface area contributed by atoms with Crippen molar-refractivity contribution in [2.75, 3.05) is 13.2 Å². The van der Waals surface area contributed by atoms with E-state index in [-0.39, 0.29) is 18.5 Å². The molecule has 0 radical (unpaired) electrons. The molecule has 0 aromatic rings. The second kappa shape index (κ2) is 67.1. The SMILES string of the molecule is CCCCCCCCCCCCCCCCCCCCCC/C=C/C(O)C(CO)NC(=O)CCCCCCCCCCCCCCCCCCCCCCCOC(=O)CCCCCCCCCCCCCCCCCCC. The number of amides is 1. The molecule has 0 aliphatic carbocycles. The van der Waals surface area contributed by atoms with E-state index >= 15 is 0 Å². The molecular formula is C71H139NO5. The number of carbonyl (C=O) groups is 2. The number of hydrogen-bond acceptors (Lipinski definition) is 5. The van der Waals surface area contributed by atoms with Gasteiger partial charge in [0.15, 0.2) is 0 Å². The van der Waals surface area contributed by atoms with Crippen molar-refractivity contribution < 1.29 is 24.5 Å². The second-order valence-electron chi connectivity index (χ2n) is 24.6. The molecule has 77 heavy (non-hydrogen) atoms. The average molecular weight is 1090 g/mol. The monoisotopic (exact) mass is 1090 g/mol. The van der Waals surface area contributed by atoms with Crippen LogP contribution in [0.1, 0.15) is 406 Å². The van der Waals surface area contributed by atoms with E-state index in [0.29, 0.717) is 19.4 Å². The molecule has 0 aliphatic rings. The van der Waals surface area contributed by atoms with Gasteiger partial charge >= 0.3 is 5.97 Å². The number of ether oxygens (including phenoxy) is 1. The summed E-state index contributed by atoms with van der Waals surface area (Å²) in [6, 6.07) is -0.629. The lowest BCUT2D eigenvalue weighted by Crippen LogP contribution is -2.45. The summed E-state index contributed by atoms with van der Waals surface area (Å²) < 4.78 is 5.51. The van der Waals surface area contributed by atoms with Crippen LogP contribution in [0.25, 0.3) is 0 Å². The van der Waals surface area contributed by atoms with Crippen LogP contribution in [-0.2, 0) is 14.3 Å². The lowest BCUT2D eigenvalue weighted by atomic mass is 10.0. The van der Waals surface area contributed by atoms with Gasteiger partial charge in [0.05, 0.1) is 25.4 Å². The Balaban J connectivity index is 3.39. The van der Waals surface area contributed by atoms with Crippen molar-refractivity contribution in [1.82, 2.24) is 5.32 Å². The maximum atomic E-state index is 12.5. The fraction of sp³-hybridized carbons (Fsp3) is 0.944. The highest BCUT2D eigenvalue weighted by atomic mass is 16.5. The Kier molecular flexibility index (Phi) is 65.9. The second-order valence-corrected chi connectivity index (χ2v) is 24.6. The molecule has 458 valence electrons. The van der Waals surface area contributed by atoms with Gasteiger partial charge in [0.2, 0.25) is 5.91 Å². The first kappa shape index (κ1) is 75.6. The summed E-state index contributed by atoms with van der Waals surface area (Å²) in [5, 5.41) is 23.3. The minimum atomic E-state index is -0.846. The maximum absolute atomic E-state index is 12.5. The quantitative estimate of drug-likeness (QED) is 0.0320. The lowest BCUT2D eigenvalue weighted by molar-refractivity contribution is -0.143. The number of nitrogens with one attached hydrogen (secondary N) is 1. The highest BCUT2D eigenvalue weighted by molar-refractivity contribution is 5.76. The van der Waals surface area contributed by atoms with Gasteiger partial charge in [-0.25, -0.2) is 0 Å². The summed E-state index contributed by atoms with van der Waals surface area (Å²) in [7, 11) is 0. The van der Waals surface area contributed by atoms with Crippen molar-refractivity contribution in [2.45, 2.75) is 418 Å². The van der Waals surface area contributed by atoms with Gasteiger partial charge in [-0.05, 0) is 32.1 Å². The van der Waals surface area contributed by atoms with Crippen LogP contribution in [0.5, 0.6) is 0 Å². The zero-order valence-corrected chi connectivity index (χ0v) is 52.5. The number of rotatable bonds is 67. The van der Waals surface area contributed by atoms with Crippen LogP contribution < -0.4 is 5.32 Å². The smallest absolute Gasteiger partial charge is 0.305 e. The molecule has 1 amide bonds. The Morgan fingerprint density at radius 1 is 0.351 bits per heavy atom. The van der Waals surface area contributed by atoms with E-state index in [1.165, 1.54) is 340 Å². The van der Waals surface area contributed by atoms with E-state index in [0.717, 1.165) is 38.5 Å². The molecule has 0 aromatic heterocycles. The zero-order chi connectivity index (χ0) is 55.7. The molecule has 0 saturated heterocycles. The molecule has 3 N–H and O–H groups in total. The van der Waals surface area contributed by atoms with Gasteiger partial charge in [0, 0.05) is 12.8 Å². The number of esters is 1. The average Bonchev–Trinajstić information content (AvgIpc) is 3.43. The van der Waals surface area contributed by atoms with Crippen molar-refractivity contribution in [2.24, 2.45) is 0 Å². The molecule has 6 heteroatoms. The molecule has 0 saturated carbocycles. The van der Waals surface area contributed by atoms with Crippen LogP contribution in [-0.4, -0.2) is 47.4 Å². The fourth-order valence-electron chi connectivity index (χ4n) is 11.4. The predicted molar refractivity (Wildman–Crippen MR) is 338 cm³/mol. The molecule has 0 fully saturated rings. The van der Waals surface area contributed by atoms with Crippen molar-refractivity contribution in [3.05, 3.63) is 12.2 Å². The summed E-state index contributed by atoms with van der Waals surface area (Å²) in [6.07, 6.45) is 82.8. The van der Waals surface area contributed by atoms with Crippen LogP contribution >= 0.6 is 0 Å². The minimum absolute atomic E-state index is 0.0166. The number of hydrogen-bond donors (Lipinski definition) is 3. The molecule has 0 aliphatic heterocycles. The normalized spacial score (nSPS) is 12.5. The van der Waals surface area contributed by atoms with Crippen molar-refractivity contribution in [1.29, 1.82) is 0 Å². The van der Waals surface area contributed by atoms with Crippen LogP contribution in [0, 0.1) is 0 Å². The third-order valence-electron chi connectivity index (χ3n) is 16.8. The molecular weight excluding hydrogens is 947 g/mol. The van der Waals surface area contributed by atoms with E-state index in [2.05, 4.69) is 19.2 Å². The van der Waals surface area contributed by atoms with Crippen LogP contribution in [0.3, 0.4) is 0 Å². The van der Waals surface area contributed by atoms with Crippen molar-refractivity contribution in [3.8, 4) is 0 Å². The minimum Gasteiger partial charge on any atom is -0.466 e. The van der Waals surface area contributed by atoms with E-state index in [9.17, 15) is 19.8 Å². The highest BCUT2D eigenvalue weighted by Crippen LogP contribution is 2.19. The van der Waals surface area contributed by atoms with Crippen molar-refractivity contribution in [3.63, 3.8) is 0 Å². The predicted octanol–water partition coefficient (Wildman–Crippen LogP) is 22.8. The first-order valence-corrected chi connectivity index (χ1v) is 35.5. The van der Waals surface area contributed by atoms with E-state index in [4.69, 9.17) is 4.74 Å². The molecule has 2 atom stereocenters. The first-order chi connectivity index (χ1) is 38.0. The Labute approximate surface area is 482 Å². The van der Waals surface area contributed by atoms with Crippen LogP contribution in [0.2, 0.25) is 0 Å². The van der Waals surface area contributed by atoms with Gasteiger partial charge in [-0.2, -0.15) is 0 Å². The highest BCUT2D eigenvalue weighted by Gasteiger charge is 2.18. The standard InChI is InChI=1S/C71H139NO5/c1-3-5-7-9-11-13-15-17-19-21-22-23-25-28-32-35-39-43-47-51-55-59-63-69(74)68(67-73)72-70(75)64-60-56-52-48-44-40-36-33-29-26-24-27-30-34-38-42-46-50-54-58-62-66-77-71(76)65-61-57-53-49-45-41-37-31-20-18-16-14-12-10-8-6-4-2/h59,63,68-69,73-74H,3-58,60-62,64-67H2,1-2H3,(H,72,75)/b63-59+. The van der Waals surface area contributed by atoms with Gasteiger partial charge in [-0.3, -0.25) is 9.59 Å². The van der Waals surface area contributed by atoms with Crippen molar-refractivity contribution >= 4 is 11.9 Å². The summed E-state index contributed by atoms with van der Waals surface area (Å²) >= 11 is 0. The number of unbranched alkanes of at least 4 members (excludes halogenated alkanes) is 56.